The molecular weight excluding hydrogens is 336 g/mol. The van der Waals surface area contributed by atoms with Gasteiger partial charge in [0.05, 0.1) is 14.2 Å². The molecule has 128 valence electrons. The van der Waals surface area contributed by atoms with Crippen molar-refractivity contribution in [2.75, 3.05) is 14.2 Å². The maximum atomic E-state index is 12.4. The lowest BCUT2D eigenvalue weighted by atomic mass is 10.1. The summed E-state index contributed by atoms with van der Waals surface area (Å²) in [6, 6.07) is 13.1. The Labute approximate surface area is 150 Å². The van der Waals surface area contributed by atoms with E-state index in [0.29, 0.717) is 23.6 Å². The third kappa shape index (κ3) is 3.97. The number of thiazole rings is 1. The van der Waals surface area contributed by atoms with Crippen molar-refractivity contribution in [3.05, 3.63) is 65.2 Å². The molecule has 0 fully saturated rings. The van der Waals surface area contributed by atoms with Gasteiger partial charge in [-0.2, -0.15) is 0 Å². The smallest absolute Gasteiger partial charge is 0.251 e. The van der Waals surface area contributed by atoms with Crippen LogP contribution in [0.1, 0.15) is 15.9 Å². The average molecular weight is 354 g/mol. The number of nitrogens with one attached hydrogen (secondary N) is 1. The number of carbonyl (C=O) groups is 1. The fraction of sp³-hybridized carbons (Fsp3) is 0.158. The lowest BCUT2D eigenvalue weighted by Crippen LogP contribution is -2.22. The first-order chi connectivity index (χ1) is 12.2. The van der Waals surface area contributed by atoms with Gasteiger partial charge in [0.1, 0.15) is 5.01 Å². The van der Waals surface area contributed by atoms with Gasteiger partial charge in [-0.15, -0.1) is 11.3 Å². The van der Waals surface area contributed by atoms with Crippen molar-refractivity contribution in [2.45, 2.75) is 6.54 Å². The Balaban J connectivity index is 1.69. The van der Waals surface area contributed by atoms with E-state index >= 15 is 0 Å². The van der Waals surface area contributed by atoms with Crippen molar-refractivity contribution in [3.8, 4) is 22.1 Å². The number of amides is 1. The van der Waals surface area contributed by atoms with Gasteiger partial charge in [-0.25, -0.2) is 4.98 Å². The summed E-state index contributed by atoms with van der Waals surface area (Å²) >= 11 is 1.59. The second-order valence-electron chi connectivity index (χ2n) is 5.29. The zero-order chi connectivity index (χ0) is 17.6. The van der Waals surface area contributed by atoms with Crippen molar-refractivity contribution in [2.24, 2.45) is 0 Å². The molecule has 0 saturated heterocycles. The molecule has 3 rings (SSSR count). The molecule has 1 heterocycles. The van der Waals surface area contributed by atoms with Gasteiger partial charge in [0, 0.05) is 29.2 Å². The molecule has 0 radical (unpaired) electrons. The number of ether oxygens (including phenoxy) is 2. The highest BCUT2D eigenvalue weighted by Gasteiger charge is 2.11. The molecule has 1 amide bonds. The minimum atomic E-state index is -0.166. The molecule has 0 aliphatic rings. The predicted molar refractivity (Wildman–Crippen MR) is 98.3 cm³/mol. The van der Waals surface area contributed by atoms with Crippen LogP contribution in [0.2, 0.25) is 0 Å². The second-order valence-corrected chi connectivity index (χ2v) is 6.18. The monoisotopic (exact) mass is 354 g/mol. The summed E-state index contributed by atoms with van der Waals surface area (Å²) < 4.78 is 10.4. The van der Waals surface area contributed by atoms with Crippen molar-refractivity contribution >= 4 is 17.2 Å². The van der Waals surface area contributed by atoms with Gasteiger partial charge in [0.2, 0.25) is 0 Å². The maximum Gasteiger partial charge on any atom is 0.251 e. The minimum absolute atomic E-state index is 0.166. The van der Waals surface area contributed by atoms with Crippen LogP contribution < -0.4 is 14.8 Å². The van der Waals surface area contributed by atoms with E-state index in [9.17, 15) is 4.79 Å². The molecule has 0 saturated carbocycles. The fourth-order valence-corrected chi connectivity index (χ4v) is 3.08. The van der Waals surface area contributed by atoms with Gasteiger partial charge in [-0.05, 0) is 29.8 Å². The quantitative estimate of drug-likeness (QED) is 0.732. The predicted octanol–water partition coefficient (Wildman–Crippen LogP) is 3.76. The van der Waals surface area contributed by atoms with Gasteiger partial charge in [-0.3, -0.25) is 4.79 Å². The minimum Gasteiger partial charge on any atom is -0.493 e. The van der Waals surface area contributed by atoms with Crippen LogP contribution >= 0.6 is 11.3 Å². The fourth-order valence-electron chi connectivity index (χ4n) is 2.44. The van der Waals surface area contributed by atoms with Crippen molar-refractivity contribution in [1.82, 2.24) is 10.3 Å². The molecule has 0 spiro atoms. The van der Waals surface area contributed by atoms with Crippen molar-refractivity contribution < 1.29 is 14.3 Å². The van der Waals surface area contributed by atoms with Gasteiger partial charge >= 0.3 is 0 Å². The number of hydrogen-bond donors (Lipinski definition) is 1. The Morgan fingerprint density at radius 3 is 2.68 bits per heavy atom. The van der Waals surface area contributed by atoms with Gasteiger partial charge in [-0.1, -0.05) is 18.2 Å². The third-order valence-corrected chi connectivity index (χ3v) is 4.53. The van der Waals surface area contributed by atoms with Crippen molar-refractivity contribution in [1.29, 1.82) is 0 Å². The van der Waals surface area contributed by atoms with E-state index in [1.807, 2.05) is 29.6 Å². The van der Waals surface area contributed by atoms with E-state index in [1.165, 1.54) is 0 Å². The number of aromatic nitrogens is 1. The Bertz CT molecular complexity index is 863. The molecule has 2 aromatic carbocycles. The van der Waals surface area contributed by atoms with Gasteiger partial charge in [0.25, 0.3) is 5.91 Å². The summed E-state index contributed by atoms with van der Waals surface area (Å²) in [6.07, 6.45) is 1.78. The van der Waals surface area contributed by atoms with E-state index in [2.05, 4.69) is 10.3 Å². The highest BCUT2D eigenvalue weighted by molar-refractivity contribution is 7.13. The summed E-state index contributed by atoms with van der Waals surface area (Å²) in [4.78, 5) is 16.7. The number of carbonyl (C=O) groups excluding carboxylic acids is 1. The number of nitrogens with zero attached hydrogens (tertiary/aromatic N) is 1. The van der Waals surface area contributed by atoms with E-state index < -0.39 is 0 Å². The number of benzene rings is 2. The van der Waals surface area contributed by atoms with Gasteiger partial charge in [0.15, 0.2) is 11.5 Å². The van der Waals surface area contributed by atoms with E-state index in [4.69, 9.17) is 9.47 Å². The zero-order valence-corrected chi connectivity index (χ0v) is 14.8. The number of rotatable bonds is 6. The SMILES string of the molecule is COc1ccc(C(=O)NCc2cccc(-c3nccs3)c2)cc1OC. The highest BCUT2D eigenvalue weighted by Crippen LogP contribution is 2.27. The summed E-state index contributed by atoms with van der Waals surface area (Å²) in [7, 11) is 3.11. The van der Waals surface area contributed by atoms with Crippen LogP contribution in [0, 0.1) is 0 Å². The van der Waals surface area contributed by atoms with E-state index in [-0.39, 0.29) is 5.91 Å². The van der Waals surface area contributed by atoms with Crippen LogP contribution in [0.4, 0.5) is 0 Å². The average Bonchev–Trinajstić information content (AvgIpc) is 3.20. The molecular formula is C19H18N2O3S. The maximum absolute atomic E-state index is 12.4. The normalized spacial score (nSPS) is 10.3. The highest BCUT2D eigenvalue weighted by atomic mass is 32.1. The molecule has 0 bridgehead atoms. The second kappa shape index (κ2) is 7.81. The number of hydrogen-bond acceptors (Lipinski definition) is 5. The summed E-state index contributed by atoms with van der Waals surface area (Å²) in [5.41, 5.74) is 2.59. The Hall–Kier alpha value is -2.86. The molecule has 0 atom stereocenters. The van der Waals surface area contributed by atoms with Crippen LogP contribution in [0.3, 0.4) is 0 Å². The Morgan fingerprint density at radius 1 is 1.12 bits per heavy atom. The molecule has 3 aromatic rings. The van der Waals surface area contributed by atoms with Crippen LogP contribution in [0.5, 0.6) is 11.5 Å². The molecule has 1 aromatic heterocycles. The molecule has 0 aliphatic heterocycles. The molecule has 0 unspecified atom stereocenters. The molecule has 5 nitrogen and oxygen atoms in total. The molecule has 6 heteroatoms. The van der Waals surface area contributed by atoms with Gasteiger partial charge < -0.3 is 14.8 Å². The number of methoxy groups -OCH3 is 2. The first kappa shape index (κ1) is 17.0. The standard InChI is InChI=1S/C19H18N2O3S/c1-23-16-7-6-14(11-17(16)24-2)18(22)21-12-13-4-3-5-15(10-13)19-20-8-9-25-19/h3-11H,12H2,1-2H3,(H,21,22). The van der Waals surface area contributed by atoms with E-state index in [0.717, 1.165) is 16.1 Å². The molecule has 25 heavy (non-hydrogen) atoms. The lowest BCUT2D eigenvalue weighted by Gasteiger charge is -2.10. The largest absolute Gasteiger partial charge is 0.493 e. The Kier molecular flexibility index (Phi) is 5.30. The van der Waals surface area contributed by atoms with E-state index in [1.54, 1.807) is 50.0 Å². The summed E-state index contributed by atoms with van der Waals surface area (Å²) in [5.74, 6) is 0.955. The third-order valence-electron chi connectivity index (χ3n) is 3.71. The summed E-state index contributed by atoms with van der Waals surface area (Å²) in [6.45, 7) is 0.437. The van der Waals surface area contributed by atoms with Crippen LogP contribution in [-0.2, 0) is 6.54 Å². The van der Waals surface area contributed by atoms with Crippen LogP contribution in [0.15, 0.2) is 54.0 Å². The zero-order valence-electron chi connectivity index (χ0n) is 14.0. The molecule has 0 aliphatic carbocycles. The Morgan fingerprint density at radius 2 is 1.96 bits per heavy atom. The first-order valence-corrected chi connectivity index (χ1v) is 8.58. The topological polar surface area (TPSA) is 60.5 Å². The van der Waals surface area contributed by atoms with Crippen LogP contribution in [-0.4, -0.2) is 25.1 Å². The first-order valence-electron chi connectivity index (χ1n) is 7.70. The molecule has 1 N–H and O–H groups in total. The van der Waals surface area contributed by atoms with Crippen molar-refractivity contribution in [3.63, 3.8) is 0 Å². The lowest BCUT2D eigenvalue weighted by molar-refractivity contribution is 0.0950. The summed E-state index contributed by atoms with van der Waals surface area (Å²) in [5, 5.41) is 5.84. The van der Waals surface area contributed by atoms with Crippen LogP contribution in [0.25, 0.3) is 10.6 Å².